The Balaban J connectivity index is 2.02. The van der Waals surface area contributed by atoms with Crippen LogP contribution in [-0.4, -0.2) is 34.1 Å². The molecule has 6 heteroatoms. The van der Waals surface area contributed by atoms with Gasteiger partial charge in [-0.1, -0.05) is 30.5 Å². The monoisotopic (exact) mass is 298 g/mol. The lowest BCUT2D eigenvalue weighted by molar-refractivity contribution is -0.384. The number of nitrogens with zero attached hydrogens (tertiary/aromatic N) is 2. The van der Waals surface area contributed by atoms with E-state index in [0.29, 0.717) is 13.1 Å². The van der Waals surface area contributed by atoms with Crippen LogP contribution in [-0.2, 0) is 6.54 Å². The van der Waals surface area contributed by atoms with Crippen molar-refractivity contribution in [1.29, 1.82) is 0 Å². The second-order valence-corrected chi connectivity index (χ2v) is 6.05. The molecule has 1 aliphatic carbocycles. The molecule has 1 fully saturated rings. The van der Waals surface area contributed by atoms with Crippen molar-refractivity contribution in [3.8, 4) is 0 Å². The average Bonchev–Trinajstić information content (AvgIpc) is 2.77. The molecule has 1 saturated carbocycles. The summed E-state index contributed by atoms with van der Waals surface area (Å²) in [7, 11) is 1.91. The molecule has 20 heavy (non-hydrogen) atoms. The van der Waals surface area contributed by atoms with Crippen molar-refractivity contribution in [2.45, 2.75) is 37.8 Å². The minimum absolute atomic E-state index is 0.0721. The van der Waals surface area contributed by atoms with Crippen molar-refractivity contribution in [1.82, 2.24) is 4.90 Å². The lowest BCUT2D eigenvalue weighted by Gasteiger charge is -2.28. The highest BCUT2D eigenvalue weighted by Crippen LogP contribution is 2.30. The summed E-state index contributed by atoms with van der Waals surface area (Å²) in [5.74, 6) is 0. The zero-order chi connectivity index (χ0) is 14.8. The Hall–Kier alpha value is -1.17. The third-order valence-corrected chi connectivity index (χ3v) is 4.08. The Bertz CT molecular complexity index is 501. The van der Waals surface area contributed by atoms with E-state index in [1.165, 1.54) is 6.07 Å². The normalized spacial score (nSPS) is 17.6. The maximum atomic E-state index is 10.9. The van der Waals surface area contributed by atoms with Gasteiger partial charge in [-0.25, -0.2) is 0 Å². The van der Waals surface area contributed by atoms with Gasteiger partial charge in [-0.3, -0.25) is 15.0 Å². The van der Waals surface area contributed by atoms with Crippen molar-refractivity contribution >= 4 is 17.3 Å². The molecule has 2 rings (SSSR count). The van der Waals surface area contributed by atoms with Crippen LogP contribution in [0.15, 0.2) is 18.2 Å². The molecule has 1 N–H and O–H groups in total. The molecule has 0 amide bonds. The summed E-state index contributed by atoms with van der Waals surface area (Å²) in [5.41, 5.74) is 0.148. The molecule has 110 valence electrons. The molecule has 1 aliphatic rings. The molecule has 0 atom stereocenters. The van der Waals surface area contributed by atoms with Crippen molar-refractivity contribution < 1.29 is 10.0 Å². The zero-order valence-electron chi connectivity index (χ0n) is 11.5. The van der Waals surface area contributed by atoms with E-state index in [4.69, 9.17) is 11.6 Å². The van der Waals surface area contributed by atoms with Crippen LogP contribution < -0.4 is 0 Å². The number of aliphatic hydroxyl groups is 1. The third-order valence-electron chi connectivity index (χ3n) is 3.76. The van der Waals surface area contributed by atoms with Crippen LogP contribution in [0.4, 0.5) is 5.69 Å². The minimum Gasteiger partial charge on any atom is -0.389 e. The van der Waals surface area contributed by atoms with Crippen molar-refractivity contribution in [2.75, 3.05) is 13.6 Å². The summed E-state index contributed by atoms with van der Waals surface area (Å²) in [6, 6.07) is 4.83. The van der Waals surface area contributed by atoms with Gasteiger partial charge in [-0.15, -0.1) is 0 Å². The lowest BCUT2D eigenvalue weighted by atomic mass is 10.0. The zero-order valence-corrected chi connectivity index (χ0v) is 12.3. The van der Waals surface area contributed by atoms with Gasteiger partial charge in [0.05, 0.1) is 10.5 Å². The fourth-order valence-electron chi connectivity index (χ4n) is 2.86. The maximum Gasteiger partial charge on any atom is 0.288 e. The summed E-state index contributed by atoms with van der Waals surface area (Å²) >= 11 is 5.79. The van der Waals surface area contributed by atoms with Crippen LogP contribution in [0.5, 0.6) is 0 Å². The first-order valence-corrected chi connectivity index (χ1v) is 7.11. The van der Waals surface area contributed by atoms with E-state index >= 15 is 0 Å². The highest BCUT2D eigenvalue weighted by Gasteiger charge is 2.32. The summed E-state index contributed by atoms with van der Waals surface area (Å²) < 4.78 is 0. The fourth-order valence-corrected chi connectivity index (χ4v) is 3.04. The van der Waals surface area contributed by atoms with E-state index in [0.717, 1.165) is 31.2 Å². The minimum atomic E-state index is -0.604. The van der Waals surface area contributed by atoms with E-state index in [-0.39, 0.29) is 10.7 Å². The molecule has 0 unspecified atom stereocenters. The Morgan fingerprint density at radius 3 is 2.70 bits per heavy atom. The van der Waals surface area contributed by atoms with Gasteiger partial charge in [0.2, 0.25) is 0 Å². The van der Waals surface area contributed by atoms with Crippen molar-refractivity contribution in [3.63, 3.8) is 0 Å². The molecule has 0 spiro atoms. The SMILES string of the molecule is CN(Cc1ccc(Cl)c([N+](=O)[O-])c1)CC1(O)CCCC1. The van der Waals surface area contributed by atoms with E-state index in [1.807, 2.05) is 11.9 Å². The predicted molar refractivity (Wildman–Crippen MR) is 77.9 cm³/mol. The Morgan fingerprint density at radius 1 is 1.45 bits per heavy atom. The van der Waals surface area contributed by atoms with E-state index in [2.05, 4.69) is 0 Å². The first-order valence-electron chi connectivity index (χ1n) is 6.73. The molecule has 0 aromatic heterocycles. The standard InChI is InChI=1S/C14H19ClN2O3/c1-16(10-14(18)6-2-3-7-14)9-11-4-5-12(15)13(8-11)17(19)20/h4-5,8,18H,2-3,6-7,9-10H2,1H3. The molecule has 0 heterocycles. The van der Waals surface area contributed by atoms with Gasteiger partial charge in [-0.05, 0) is 31.5 Å². The van der Waals surface area contributed by atoms with Gasteiger partial charge < -0.3 is 5.11 Å². The van der Waals surface area contributed by atoms with Crippen LogP contribution in [0, 0.1) is 10.1 Å². The van der Waals surface area contributed by atoms with Crippen LogP contribution in [0.3, 0.4) is 0 Å². The number of nitro groups is 1. The number of nitro benzene ring substituents is 1. The lowest BCUT2D eigenvalue weighted by Crippen LogP contribution is -2.38. The van der Waals surface area contributed by atoms with Gasteiger partial charge in [0.1, 0.15) is 5.02 Å². The van der Waals surface area contributed by atoms with E-state index < -0.39 is 10.5 Å². The topological polar surface area (TPSA) is 66.6 Å². The number of halogens is 1. The molecule has 5 nitrogen and oxygen atoms in total. The molecule has 0 aliphatic heterocycles. The third kappa shape index (κ3) is 3.69. The molecular weight excluding hydrogens is 280 g/mol. The summed E-state index contributed by atoms with van der Waals surface area (Å²) in [6.45, 7) is 1.14. The summed E-state index contributed by atoms with van der Waals surface area (Å²) in [6.07, 6.45) is 3.80. The van der Waals surface area contributed by atoms with Crippen LogP contribution in [0.1, 0.15) is 31.2 Å². The molecule has 1 aromatic carbocycles. The number of likely N-dealkylation sites (N-methyl/N-ethyl adjacent to an activating group) is 1. The highest BCUT2D eigenvalue weighted by molar-refractivity contribution is 6.32. The number of hydrogen-bond donors (Lipinski definition) is 1. The maximum absolute atomic E-state index is 10.9. The second kappa shape index (κ2) is 6.08. The molecule has 0 radical (unpaired) electrons. The number of benzene rings is 1. The van der Waals surface area contributed by atoms with Crippen LogP contribution in [0.25, 0.3) is 0 Å². The fraction of sp³-hybridized carbons (Fsp3) is 0.571. The van der Waals surface area contributed by atoms with E-state index in [1.54, 1.807) is 12.1 Å². The number of hydrogen-bond acceptors (Lipinski definition) is 4. The van der Waals surface area contributed by atoms with Gasteiger partial charge in [0.25, 0.3) is 5.69 Å². The van der Waals surface area contributed by atoms with Gasteiger partial charge in [-0.2, -0.15) is 0 Å². The van der Waals surface area contributed by atoms with Gasteiger partial charge >= 0.3 is 0 Å². The highest BCUT2D eigenvalue weighted by atomic mass is 35.5. The second-order valence-electron chi connectivity index (χ2n) is 5.65. The first-order chi connectivity index (χ1) is 9.39. The smallest absolute Gasteiger partial charge is 0.288 e. The Kier molecular flexibility index (Phi) is 4.62. The first kappa shape index (κ1) is 15.2. The van der Waals surface area contributed by atoms with Crippen LogP contribution in [0.2, 0.25) is 5.02 Å². The van der Waals surface area contributed by atoms with Crippen molar-refractivity contribution in [3.05, 3.63) is 38.9 Å². The molecule has 1 aromatic rings. The Morgan fingerprint density at radius 2 is 2.10 bits per heavy atom. The molecule has 0 saturated heterocycles. The predicted octanol–water partition coefficient (Wildman–Crippen LogP) is 2.99. The summed E-state index contributed by atoms with van der Waals surface area (Å²) in [4.78, 5) is 12.4. The summed E-state index contributed by atoms with van der Waals surface area (Å²) in [5, 5.41) is 21.4. The van der Waals surface area contributed by atoms with Crippen molar-refractivity contribution in [2.24, 2.45) is 0 Å². The Labute approximate surface area is 123 Å². The number of rotatable bonds is 5. The molecule has 0 bridgehead atoms. The van der Waals surface area contributed by atoms with E-state index in [9.17, 15) is 15.2 Å². The van der Waals surface area contributed by atoms with Gasteiger partial charge in [0, 0.05) is 19.2 Å². The van der Waals surface area contributed by atoms with Crippen LogP contribution >= 0.6 is 11.6 Å². The molecular formula is C14H19ClN2O3. The average molecular weight is 299 g/mol. The quantitative estimate of drug-likeness (QED) is 0.670. The largest absolute Gasteiger partial charge is 0.389 e. The van der Waals surface area contributed by atoms with Gasteiger partial charge in [0.15, 0.2) is 0 Å².